The van der Waals surface area contributed by atoms with Crippen molar-refractivity contribution in [3.8, 4) is 11.3 Å². The molecule has 1 aliphatic heterocycles. The van der Waals surface area contributed by atoms with Crippen LogP contribution in [0.4, 0.5) is 22.0 Å². The SMILES string of the molecule is CC(C)[C@H](NC(=O)CCCCCN1C(=O)C=CC1=O)C(=O)C[C@@H](C)C(=O)N[C@@H](CCCCNC(=O)[C@@H]1CC[C@H](NC(=O)[C@@H](N)CCN(C(=O)CO)[C@@H](c2nc(-c3cc(F)ccc3F)cn2Cc2ccccc2)C(C)(C)C)C1)C(=O)O.O=C(O)C(F)(F)F. The molecule has 1 aliphatic carbocycles. The van der Waals surface area contributed by atoms with E-state index in [2.05, 4.69) is 21.3 Å². The summed E-state index contributed by atoms with van der Waals surface area (Å²) in [6.07, 6.45) is 2.52. The van der Waals surface area contributed by atoms with Crippen molar-refractivity contribution < 1.29 is 85.2 Å². The minimum absolute atomic E-state index is 0.0181. The average Bonchev–Trinajstić information content (AvgIpc) is 1.78. The minimum atomic E-state index is -5.08. The van der Waals surface area contributed by atoms with Gasteiger partial charge in [0, 0.05) is 80.8 Å². The third-order valence-corrected chi connectivity index (χ3v) is 14.8. The standard InChI is InChI=1S/C58H79F2N9O11.C2HF3O2/c1-35(2)51(66-47(72)18-11-8-14-27-68-48(73)23-24-49(68)74)46(71)29-36(3)54(76)65-44(57(79)80)17-12-13-26-62-55(77)38-19-21-40(30-38)63-56(78)43(61)25-28-69(50(75)34-70)52(58(4,5)6)53-64-45(41-31-39(59)20-22-42(41)60)33-67(53)32-37-15-9-7-10-16-37;3-2(4,5)1(6)7/h7,9-10,15-16,20,22-24,31,33,35-36,38,40,43-44,51-52,70H,8,11-14,17-19,21,25-30,32,34,61H2,1-6H3,(H,62,77)(H,63,78)(H,65,76)(H,66,72)(H,79,80);(H,6,7)/t36-,38-,40+,43+,44+,51+,52+;/m1./s1. The Morgan fingerprint density at radius 1 is 0.839 bits per heavy atom. The number of hydrogen-bond donors (Lipinski definition) is 8. The number of amides is 7. The number of rotatable bonds is 31. The zero-order chi connectivity index (χ0) is 64.9. The molecule has 0 bridgehead atoms. The van der Waals surface area contributed by atoms with Gasteiger partial charge in [0.2, 0.25) is 29.5 Å². The molecule has 5 rings (SSSR count). The number of alkyl halides is 3. The highest BCUT2D eigenvalue weighted by Crippen LogP contribution is 2.40. The van der Waals surface area contributed by atoms with Gasteiger partial charge in [0.1, 0.15) is 30.1 Å². The molecule has 87 heavy (non-hydrogen) atoms. The van der Waals surface area contributed by atoms with E-state index < -0.39 is 95.5 Å². The second kappa shape index (κ2) is 33.3. The van der Waals surface area contributed by atoms with Crippen molar-refractivity contribution >= 4 is 59.1 Å². The lowest BCUT2D eigenvalue weighted by molar-refractivity contribution is -0.192. The molecular formula is C60H80F5N9O13. The van der Waals surface area contributed by atoms with Crippen LogP contribution in [0, 0.1) is 34.8 Å². The van der Waals surface area contributed by atoms with Gasteiger partial charge in [-0.15, -0.1) is 0 Å². The van der Waals surface area contributed by atoms with Gasteiger partial charge in [0.05, 0.1) is 23.8 Å². The van der Waals surface area contributed by atoms with Crippen molar-refractivity contribution in [1.82, 2.24) is 40.6 Å². The number of unbranched alkanes of at least 4 members (excludes halogenated alkanes) is 3. The Kier molecular flexibility index (Phi) is 27.3. The molecule has 9 N–H and O–H groups in total. The fourth-order valence-electron chi connectivity index (χ4n) is 10.1. The highest BCUT2D eigenvalue weighted by atomic mass is 19.4. The Labute approximate surface area is 501 Å². The van der Waals surface area contributed by atoms with Crippen LogP contribution < -0.4 is 27.0 Å². The van der Waals surface area contributed by atoms with Gasteiger partial charge in [-0.25, -0.2) is 23.4 Å². The lowest BCUT2D eigenvalue weighted by Gasteiger charge is -2.40. The van der Waals surface area contributed by atoms with Crippen molar-refractivity contribution in [2.75, 3.05) is 26.2 Å². The number of carbonyl (C=O) groups is 10. The molecule has 0 radical (unpaired) electrons. The Morgan fingerprint density at radius 3 is 2.09 bits per heavy atom. The van der Waals surface area contributed by atoms with Crippen molar-refractivity contribution in [2.24, 2.45) is 28.9 Å². The van der Waals surface area contributed by atoms with Crippen LogP contribution in [0.1, 0.15) is 136 Å². The zero-order valence-corrected chi connectivity index (χ0v) is 49.7. The second-order valence-electron chi connectivity index (χ2n) is 23.2. The lowest BCUT2D eigenvalue weighted by Crippen LogP contribution is -2.49. The molecule has 0 unspecified atom stereocenters. The van der Waals surface area contributed by atoms with Crippen LogP contribution in [0.15, 0.2) is 66.9 Å². The van der Waals surface area contributed by atoms with Crippen molar-refractivity contribution in [1.29, 1.82) is 0 Å². The quantitative estimate of drug-likeness (QED) is 0.0224. The minimum Gasteiger partial charge on any atom is -0.480 e. The normalized spacial score (nSPS) is 16.7. The van der Waals surface area contributed by atoms with E-state index in [1.807, 2.05) is 51.1 Å². The lowest BCUT2D eigenvalue weighted by atomic mass is 9.84. The molecule has 0 spiro atoms. The maximum atomic E-state index is 15.1. The average molecular weight is 1230 g/mol. The molecule has 0 saturated heterocycles. The molecule has 1 aromatic heterocycles. The van der Waals surface area contributed by atoms with Crippen LogP contribution in [0.3, 0.4) is 0 Å². The summed E-state index contributed by atoms with van der Waals surface area (Å²) in [4.78, 5) is 131. The third kappa shape index (κ3) is 22.4. The van der Waals surface area contributed by atoms with E-state index in [1.54, 1.807) is 24.6 Å². The molecular weight excluding hydrogens is 1150 g/mol. The van der Waals surface area contributed by atoms with Crippen LogP contribution >= 0.6 is 0 Å². The predicted octanol–water partition coefficient (Wildman–Crippen LogP) is 5.50. The van der Waals surface area contributed by atoms with Crippen LogP contribution in [0.5, 0.6) is 0 Å². The number of ketones is 1. The van der Waals surface area contributed by atoms with Gasteiger partial charge in [-0.05, 0) is 92.9 Å². The van der Waals surface area contributed by atoms with E-state index in [-0.39, 0.29) is 104 Å². The monoisotopic (exact) mass is 1230 g/mol. The molecule has 2 aromatic carbocycles. The van der Waals surface area contributed by atoms with Crippen LogP contribution in [-0.2, 0) is 54.5 Å². The number of nitrogens with zero attached hydrogens (tertiary/aromatic N) is 4. The fourth-order valence-corrected chi connectivity index (χ4v) is 10.1. The number of aliphatic hydroxyl groups is 1. The number of carboxylic acid groups (broad SMARTS) is 2. The summed E-state index contributed by atoms with van der Waals surface area (Å²) < 4.78 is 63.1. The maximum Gasteiger partial charge on any atom is 0.490 e. The number of Topliss-reactive ketones (excluding diaryl/α,β-unsaturated/α-hetero) is 1. The number of imide groups is 1. The number of nitrogens with two attached hydrogens (primary N) is 1. The predicted molar refractivity (Wildman–Crippen MR) is 306 cm³/mol. The number of carbonyl (C=O) groups excluding carboxylic acids is 8. The summed E-state index contributed by atoms with van der Waals surface area (Å²) >= 11 is 0. The molecule has 1 saturated carbocycles. The fraction of sp³-hybridized carbons (Fsp3) is 0.550. The first-order valence-corrected chi connectivity index (χ1v) is 28.8. The summed E-state index contributed by atoms with van der Waals surface area (Å²) in [6.45, 7) is 10.5. The summed E-state index contributed by atoms with van der Waals surface area (Å²) in [6, 6.07) is 8.03. The van der Waals surface area contributed by atoms with Gasteiger partial charge >= 0.3 is 18.1 Å². The third-order valence-electron chi connectivity index (χ3n) is 14.8. The summed E-state index contributed by atoms with van der Waals surface area (Å²) in [5.74, 6) is -10.1. The van der Waals surface area contributed by atoms with E-state index in [9.17, 15) is 70.9 Å². The van der Waals surface area contributed by atoms with Crippen molar-refractivity contribution in [2.45, 2.75) is 162 Å². The van der Waals surface area contributed by atoms with Gasteiger partial charge < -0.3 is 51.8 Å². The molecule has 7 atom stereocenters. The second-order valence-corrected chi connectivity index (χ2v) is 23.2. The number of imidazole rings is 1. The van der Waals surface area contributed by atoms with E-state index in [0.29, 0.717) is 57.2 Å². The van der Waals surface area contributed by atoms with Gasteiger partial charge in [-0.3, -0.25) is 43.3 Å². The first kappa shape index (κ1) is 71.5. The first-order chi connectivity index (χ1) is 40.8. The molecule has 7 amide bonds. The molecule has 2 heterocycles. The highest BCUT2D eigenvalue weighted by Gasteiger charge is 2.40. The Morgan fingerprint density at radius 2 is 1.49 bits per heavy atom. The number of aromatic nitrogens is 2. The molecule has 478 valence electrons. The topological polar surface area (TPSA) is 330 Å². The number of nitrogens with one attached hydrogen (secondary N) is 4. The molecule has 22 nitrogen and oxygen atoms in total. The van der Waals surface area contributed by atoms with Gasteiger partial charge in [-0.2, -0.15) is 13.2 Å². The van der Waals surface area contributed by atoms with Crippen LogP contribution in [0.25, 0.3) is 11.3 Å². The van der Waals surface area contributed by atoms with Crippen LogP contribution in [-0.4, -0.2) is 150 Å². The van der Waals surface area contributed by atoms with E-state index in [0.717, 1.165) is 28.7 Å². The Bertz CT molecular complexity index is 2910. The smallest absolute Gasteiger partial charge is 0.480 e. The van der Waals surface area contributed by atoms with E-state index in [1.165, 1.54) is 24.0 Å². The number of halogens is 5. The summed E-state index contributed by atoms with van der Waals surface area (Å²) in [5.41, 5.74) is 6.64. The maximum absolute atomic E-state index is 15.1. The summed E-state index contributed by atoms with van der Waals surface area (Å²) in [7, 11) is 0. The number of aliphatic hydroxyl groups excluding tert-OH is 1. The number of aliphatic carboxylic acids is 2. The number of carboxylic acids is 2. The van der Waals surface area contributed by atoms with Gasteiger partial charge in [0.15, 0.2) is 5.78 Å². The van der Waals surface area contributed by atoms with Gasteiger partial charge in [-0.1, -0.05) is 78.3 Å². The Balaban J connectivity index is 0.00000217. The van der Waals surface area contributed by atoms with Crippen molar-refractivity contribution in [3.63, 3.8) is 0 Å². The first-order valence-electron chi connectivity index (χ1n) is 28.8. The van der Waals surface area contributed by atoms with E-state index >= 15 is 4.39 Å². The Hall–Kier alpha value is -7.94. The summed E-state index contributed by atoms with van der Waals surface area (Å²) in [5, 5.41) is 38.3. The largest absolute Gasteiger partial charge is 0.490 e. The molecule has 3 aromatic rings. The molecule has 1 fully saturated rings. The zero-order valence-electron chi connectivity index (χ0n) is 49.7. The molecule has 2 aliphatic rings. The van der Waals surface area contributed by atoms with E-state index in [4.69, 9.17) is 20.6 Å². The molecule has 27 heteroatoms. The van der Waals surface area contributed by atoms with Crippen molar-refractivity contribution in [3.05, 3.63) is 89.9 Å². The number of benzene rings is 2. The van der Waals surface area contributed by atoms with Crippen LogP contribution in [0.2, 0.25) is 0 Å². The number of hydrogen-bond acceptors (Lipinski definition) is 13. The highest BCUT2D eigenvalue weighted by molar-refractivity contribution is 6.12. The van der Waals surface area contributed by atoms with Gasteiger partial charge in [0.25, 0.3) is 11.8 Å².